The predicted octanol–water partition coefficient (Wildman–Crippen LogP) is 1.36. The van der Waals surface area contributed by atoms with Gasteiger partial charge >= 0.3 is 0 Å². The first-order valence-electron chi connectivity index (χ1n) is 9.07. The molecule has 3 heterocycles. The number of carbonyl (C=O) groups is 3. The molecule has 0 aromatic heterocycles. The molecule has 3 amide bonds. The number of likely N-dealkylation sites (tertiary alicyclic amines) is 1. The molecule has 2 unspecified atom stereocenters. The number of para-hydroxylation sites is 1. The van der Waals surface area contributed by atoms with Gasteiger partial charge in [0.25, 0.3) is 0 Å². The molecule has 0 saturated carbocycles. The highest BCUT2D eigenvalue weighted by molar-refractivity contribution is 6.35. The Balaban J connectivity index is 1.87. The number of nitrogens with one attached hydrogen (secondary N) is 2. The molecule has 3 aliphatic rings. The van der Waals surface area contributed by atoms with E-state index in [4.69, 9.17) is 16.3 Å². The molecule has 144 valence electrons. The van der Waals surface area contributed by atoms with E-state index in [0.29, 0.717) is 16.3 Å². The Bertz CT molecular complexity index is 842. The van der Waals surface area contributed by atoms with Gasteiger partial charge in [0, 0.05) is 18.7 Å². The summed E-state index contributed by atoms with van der Waals surface area (Å²) < 4.78 is 5.05. The number of hydrogen-bond acceptors (Lipinski definition) is 5. The minimum absolute atomic E-state index is 0.0621. The van der Waals surface area contributed by atoms with Gasteiger partial charge in [0.15, 0.2) is 0 Å². The summed E-state index contributed by atoms with van der Waals surface area (Å²) >= 11 is 6.28. The number of fused-ring (bicyclic) bond motifs is 4. The Hall–Kier alpha value is -1.96. The molecule has 1 aromatic rings. The van der Waals surface area contributed by atoms with Crippen LogP contribution in [0.4, 0.5) is 5.69 Å². The summed E-state index contributed by atoms with van der Waals surface area (Å²) in [6.07, 6.45) is 0. The zero-order chi connectivity index (χ0) is 19.5. The van der Waals surface area contributed by atoms with Gasteiger partial charge in [-0.05, 0) is 12.0 Å². The van der Waals surface area contributed by atoms with Crippen LogP contribution in [0.5, 0.6) is 0 Å². The van der Waals surface area contributed by atoms with Crippen molar-refractivity contribution >= 4 is 35.0 Å². The monoisotopic (exact) mass is 391 g/mol. The SMILES string of the molecule is COCCN1C(=O)[C@@H]2C(C(C)C)NC3(C(=O)Nc4c(Cl)cccc43)[C@@H]2C1=O. The van der Waals surface area contributed by atoms with E-state index in [1.54, 1.807) is 18.2 Å². The molecular formula is C19H22ClN3O4. The highest BCUT2D eigenvalue weighted by atomic mass is 35.5. The second-order valence-corrected chi connectivity index (χ2v) is 8.07. The van der Waals surface area contributed by atoms with Crippen LogP contribution in [-0.2, 0) is 24.7 Å². The van der Waals surface area contributed by atoms with Gasteiger partial charge in [-0.25, -0.2) is 0 Å². The van der Waals surface area contributed by atoms with Crippen molar-refractivity contribution < 1.29 is 19.1 Å². The molecule has 7 nitrogen and oxygen atoms in total. The van der Waals surface area contributed by atoms with Gasteiger partial charge in [-0.15, -0.1) is 0 Å². The Morgan fingerprint density at radius 1 is 1.26 bits per heavy atom. The number of methoxy groups -OCH3 is 1. The Kier molecular flexibility index (Phi) is 4.29. The zero-order valence-corrected chi connectivity index (χ0v) is 16.2. The summed E-state index contributed by atoms with van der Waals surface area (Å²) in [4.78, 5) is 40.8. The second kappa shape index (κ2) is 6.29. The normalized spacial score (nSPS) is 31.8. The number of halogens is 1. The molecule has 8 heteroatoms. The number of anilines is 1. The van der Waals surface area contributed by atoms with Crippen molar-refractivity contribution in [2.75, 3.05) is 25.6 Å². The van der Waals surface area contributed by atoms with E-state index < -0.39 is 17.4 Å². The number of hydrogen-bond donors (Lipinski definition) is 2. The summed E-state index contributed by atoms with van der Waals surface area (Å²) in [6, 6.07) is 4.95. The largest absolute Gasteiger partial charge is 0.383 e. The lowest BCUT2D eigenvalue weighted by molar-refractivity contribution is -0.143. The van der Waals surface area contributed by atoms with Crippen molar-refractivity contribution in [2.24, 2.45) is 17.8 Å². The van der Waals surface area contributed by atoms with E-state index in [-0.39, 0.29) is 42.8 Å². The second-order valence-electron chi connectivity index (χ2n) is 7.66. The standard InChI is InChI=1S/C19H22ClN3O4/c1-9(2)14-12-13(17(25)23(16(12)24)7-8-27-3)19(22-14)10-5-4-6-11(20)15(10)21-18(19)26/h4-6,9,12-14,22H,7-8H2,1-3H3,(H,21,26)/t12-,13-,14?,19?/m0/s1. The fourth-order valence-electron chi connectivity index (χ4n) is 4.76. The first-order chi connectivity index (χ1) is 12.8. The molecule has 0 aliphatic carbocycles. The number of amides is 3. The average molecular weight is 392 g/mol. The van der Waals surface area contributed by atoms with Gasteiger partial charge in [-0.1, -0.05) is 37.6 Å². The summed E-state index contributed by atoms with van der Waals surface area (Å²) in [7, 11) is 1.52. The molecule has 4 rings (SSSR count). The van der Waals surface area contributed by atoms with Gasteiger partial charge in [-0.3, -0.25) is 24.6 Å². The summed E-state index contributed by atoms with van der Waals surface area (Å²) in [5.41, 5.74) is -0.141. The number of rotatable bonds is 4. The first kappa shape index (κ1) is 18.4. The van der Waals surface area contributed by atoms with Gasteiger partial charge in [0.05, 0.1) is 35.7 Å². The molecule has 4 atom stereocenters. The molecule has 2 saturated heterocycles. The van der Waals surface area contributed by atoms with Gasteiger partial charge < -0.3 is 10.1 Å². The van der Waals surface area contributed by atoms with Crippen molar-refractivity contribution in [3.05, 3.63) is 28.8 Å². The Morgan fingerprint density at radius 3 is 2.67 bits per heavy atom. The number of nitrogens with zero attached hydrogens (tertiary/aromatic N) is 1. The van der Waals surface area contributed by atoms with E-state index in [1.165, 1.54) is 12.0 Å². The molecule has 3 aliphatic heterocycles. The van der Waals surface area contributed by atoms with Crippen molar-refractivity contribution in [3.63, 3.8) is 0 Å². The quantitative estimate of drug-likeness (QED) is 0.757. The average Bonchev–Trinajstić information content (AvgIpc) is 3.21. The van der Waals surface area contributed by atoms with Crippen molar-refractivity contribution in [1.82, 2.24) is 10.2 Å². The van der Waals surface area contributed by atoms with Gasteiger partial charge in [-0.2, -0.15) is 0 Å². The van der Waals surface area contributed by atoms with Gasteiger partial charge in [0.1, 0.15) is 5.54 Å². The fraction of sp³-hybridized carbons (Fsp3) is 0.526. The molecule has 2 N–H and O–H groups in total. The van der Waals surface area contributed by atoms with Gasteiger partial charge in [0.2, 0.25) is 17.7 Å². The smallest absolute Gasteiger partial charge is 0.250 e. The van der Waals surface area contributed by atoms with Crippen LogP contribution in [0.1, 0.15) is 19.4 Å². The van der Waals surface area contributed by atoms with Crippen LogP contribution in [0.15, 0.2) is 18.2 Å². The van der Waals surface area contributed by atoms with Crippen LogP contribution < -0.4 is 10.6 Å². The van der Waals surface area contributed by atoms with Crippen molar-refractivity contribution in [1.29, 1.82) is 0 Å². The first-order valence-corrected chi connectivity index (χ1v) is 9.44. The van der Waals surface area contributed by atoms with E-state index >= 15 is 0 Å². The zero-order valence-electron chi connectivity index (χ0n) is 15.4. The number of imide groups is 1. The molecule has 27 heavy (non-hydrogen) atoms. The van der Waals surface area contributed by atoms with Crippen LogP contribution >= 0.6 is 11.6 Å². The summed E-state index contributed by atoms with van der Waals surface area (Å²) in [6.45, 7) is 4.41. The Morgan fingerprint density at radius 2 is 2.00 bits per heavy atom. The minimum Gasteiger partial charge on any atom is -0.383 e. The molecular weight excluding hydrogens is 370 g/mol. The molecule has 0 bridgehead atoms. The van der Waals surface area contributed by atoms with Crippen LogP contribution in [-0.4, -0.2) is 48.9 Å². The maximum Gasteiger partial charge on any atom is 0.250 e. The minimum atomic E-state index is -1.28. The lowest BCUT2D eigenvalue weighted by Gasteiger charge is -2.30. The number of ether oxygens (including phenoxy) is 1. The maximum absolute atomic E-state index is 13.3. The van der Waals surface area contributed by atoms with Crippen molar-refractivity contribution in [3.8, 4) is 0 Å². The number of carbonyl (C=O) groups excluding carboxylic acids is 3. The maximum atomic E-state index is 13.3. The lowest BCUT2D eigenvalue weighted by atomic mass is 9.76. The molecule has 2 fully saturated rings. The van der Waals surface area contributed by atoms with E-state index in [1.807, 2.05) is 13.8 Å². The highest BCUT2D eigenvalue weighted by Crippen LogP contribution is 2.54. The molecule has 0 radical (unpaired) electrons. The van der Waals surface area contributed by atoms with Crippen LogP contribution in [0.25, 0.3) is 0 Å². The summed E-state index contributed by atoms with van der Waals surface area (Å²) in [5.74, 6) is -2.24. The molecule has 1 aromatic carbocycles. The summed E-state index contributed by atoms with van der Waals surface area (Å²) in [5, 5.41) is 6.61. The highest BCUT2D eigenvalue weighted by Gasteiger charge is 2.70. The third kappa shape index (κ3) is 2.31. The topological polar surface area (TPSA) is 87.7 Å². The molecule has 1 spiro atoms. The van der Waals surface area contributed by atoms with E-state index in [2.05, 4.69) is 10.6 Å². The van der Waals surface area contributed by atoms with E-state index in [0.717, 1.165) is 0 Å². The van der Waals surface area contributed by atoms with Crippen LogP contribution in [0.3, 0.4) is 0 Å². The van der Waals surface area contributed by atoms with E-state index in [9.17, 15) is 14.4 Å². The van der Waals surface area contributed by atoms with Crippen LogP contribution in [0.2, 0.25) is 5.02 Å². The lowest BCUT2D eigenvalue weighted by Crippen LogP contribution is -2.54. The third-order valence-electron chi connectivity index (χ3n) is 5.96. The van der Waals surface area contributed by atoms with Crippen molar-refractivity contribution in [2.45, 2.75) is 25.4 Å². The fourth-order valence-corrected chi connectivity index (χ4v) is 4.98. The van der Waals surface area contributed by atoms with Crippen LogP contribution in [0, 0.1) is 17.8 Å². The Labute approximate surface area is 162 Å². The number of benzene rings is 1. The third-order valence-corrected chi connectivity index (χ3v) is 6.28. The predicted molar refractivity (Wildman–Crippen MR) is 99.1 cm³/mol.